The fraction of sp³-hybridized carbons (Fsp3) is 0.867. The van der Waals surface area contributed by atoms with Crippen molar-refractivity contribution >= 4 is 12.0 Å². The number of amides is 2. The van der Waals surface area contributed by atoms with E-state index in [1.54, 1.807) is 0 Å². The lowest BCUT2D eigenvalue weighted by atomic mass is 9.82. The third kappa shape index (κ3) is 3.87. The van der Waals surface area contributed by atoms with Gasteiger partial charge < -0.3 is 15.3 Å². The van der Waals surface area contributed by atoms with Crippen molar-refractivity contribution in [1.29, 1.82) is 0 Å². The Labute approximate surface area is 120 Å². The largest absolute Gasteiger partial charge is 0.481 e. The van der Waals surface area contributed by atoms with Gasteiger partial charge in [-0.05, 0) is 44.4 Å². The highest BCUT2D eigenvalue weighted by molar-refractivity contribution is 5.74. The molecule has 0 heterocycles. The summed E-state index contributed by atoms with van der Waals surface area (Å²) >= 11 is 0. The Morgan fingerprint density at radius 1 is 1.10 bits per heavy atom. The predicted octanol–water partition coefficient (Wildman–Crippen LogP) is 2.46. The summed E-state index contributed by atoms with van der Waals surface area (Å²) in [5.74, 6) is -0.414. The molecule has 2 aliphatic carbocycles. The molecule has 0 radical (unpaired) electrons. The second-order valence-corrected chi connectivity index (χ2v) is 6.29. The second kappa shape index (κ2) is 6.95. The molecule has 0 aromatic rings. The Morgan fingerprint density at radius 2 is 1.70 bits per heavy atom. The maximum atomic E-state index is 12.1. The van der Waals surface area contributed by atoms with Crippen molar-refractivity contribution in [3.8, 4) is 0 Å². The topological polar surface area (TPSA) is 69.6 Å². The van der Waals surface area contributed by atoms with Gasteiger partial charge in [0.05, 0.1) is 5.92 Å². The highest BCUT2D eigenvalue weighted by atomic mass is 16.4. The summed E-state index contributed by atoms with van der Waals surface area (Å²) in [6.07, 6.45) is 7.99. The van der Waals surface area contributed by atoms with Crippen molar-refractivity contribution in [2.45, 2.75) is 57.4 Å². The highest BCUT2D eigenvalue weighted by Crippen LogP contribution is 2.28. The molecule has 0 aromatic carbocycles. The zero-order valence-electron chi connectivity index (χ0n) is 12.3. The zero-order valence-corrected chi connectivity index (χ0v) is 12.3. The molecule has 0 aliphatic heterocycles. The molecule has 2 fully saturated rings. The van der Waals surface area contributed by atoms with E-state index in [0.717, 1.165) is 38.5 Å². The van der Waals surface area contributed by atoms with Gasteiger partial charge in [0, 0.05) is 19.6 Å². The Kier molecular flexibility index (Phi) is 5.26. The van der Waals surface area contributed by atoms with Gasteiger partial charge in [-0.25, -0.2) is 4.79 Å². The summed E-state index contributed by atoms with van der Waals surface area (Å²) < 4.78 is 0. The molecule has 5 nitrogen and oxygen atoms in total. The molecule has 2 aliphatic rings. The maximum Gasteiger partial charge on any atom is 0.317 e. The number of carboxylic acid groups (broad SMARTS) is 1. The molecule has 0 unspecified atom stereocenters. The van der Waals surface area contributed by atoms with Gasteiger partial charge in [0.25, 0.3) is 0 Å². The molecule has 114 valence electrons. The molecule has 0 spiro atoms. The van der Waals surface area contributed by atoms with Crippen molar-refractivity contribution in [3.63, 3.8) is 0 Å². The first-order valence-electron chi connectivity index (χ1n) is 7.81. The van der Waals surface area contributed by atoms with Crippen LogP contribution in [0.1, 0.15) is 51.4 Å². The number of hydrogen-bond acceptors (Lipinski definition) is 2. The minimum atomic E-state index is -0.673. The summed E-state index contributed by atoms with van der Waals surface area (Å²) in [6, 6.07) is 0.426. The fourth-order valence-electron chi connectivity index (χ4n) is 3.43. The van der Waals surface area contributed by atoms with Gasteiger partial charge in [0.2, 0.25) is 0 Å². The van der Waals surface area contributed by atoms with Gasteiger partial charge in [-0.15, -0.1) is 0 Å². The van der Waals surface area contributed by atoms with E-state index in [2.05, 4.69) is 5.32 Å². The molecule has 20 heavy (non-hydrogen) atoms. The van der Waals surface area contributed by atoms with Crippen LogP contribution in [0.4, 0.5) is 4.79 Å². The van der Waals surface area contributed by atoms with Crippen molar-refractivity contribution in [3.05, 3.63) is 0 Å². The van der Waals surface area contributed by atoms with Gasteiger partial charge in [0.15, 0.2) is 0 Å². The second-order valence-electron chi connectivity index (χ2n) is 6.29. The van der Waals surface area contributed by atoms with Gasteiger partial charge in [0.1, 0.15) is 0 Å². The average molecular weight is 282 g/mol. The van der Waals surface area contributed by atoms with E-state index in [4.69, 9.17) is 5.11 Å². The van der Waals surface area contributed by atoms with Crippen LogP contribution in [0.15, 0.2) is 0 Å². The standard InChI is InChI=1S/C15H26N2O3/c1-17(13-4-2-3-5-13)15(20)16-10-11-6-8-12(9-7-11)14(18)19/h11-13H,2-10H2,1H3,(H,16,20)(H,18,19). The summed E-state index contributed by atoms with van der Waals surface area (Å²) in [5.41, 5.74) is 0. The van der Waals surface area contributed by atoms with E-state index in [9.17, 15) is 9.59 Å². The molecule has 0 bridgehead atoms. The number of carboxylic acids is 1. The number of aliphatic carboxylic acids is 1. The molecular weight excluding hydrogens is 256 g/mol. The van der Waals surface area contributed by atoms with Crippen LogP contribution in [0, 0.1) is 11.8 Å². The van der Waals surface area contributed by atoms with Gasteiger partial charge in [-0.3, -0.25) is 4.79 Å². The lowest BCUT2D eigenvalue weighted by molar-refractivity contribution is -0.143. The summed E-state index contributed by atoms with van der Waals surface area (Å²) in [4.78, 5) is 24.8. The number of nitrogens with one attached hydrogen (secondary N) is 1. The molecule has 5 heteroatoms. The summed E-state index contributed by atoms with van der Waals surface area (Å²) in [7, 11) is 1.88. The van der Waals surface area contributed by atoms with Gasteiger partial charge in [-0.1, -0.05) is 12.8 Å². The fourth-order valence-corrected chi connectivity index (χ4v) is 3.43. The Balaban J connectivity index is 1.67. The van der Waals surface area contributed by atoms with E-state index in [1.807, 2.05) is 11.9 Å². The molecule has 2 N–H and O–H groups in total. The first-order chi connectivity index (χ1) is 9.58. The van der Waals surface area contributed by atoms with Crippen LogP contribution in [0.2, 0.25) is 0 Å². The lowest BCUT2D eigenvalue weighted by Gasteiger charge is -2.28. The van der Waals surface area contributed by atoms with E-state index < -0.39 is 5.97 Å². The summed E-state index contributed by atoms with van der Waals surface area (Å²) in [6.45, 7) is 0.683. The first-order valence-corrected chi connectivity index (χ1v) is 7.81. The zero-order chi connectivity index (χ0) is 14.5. The Morgan fingerprint density at radius 3 is 2.25 bits per heavy atom. The SMILES string of the molecule is CN(C(=O)NCC1CCC(C(=O)O)CC1)C1CCCC1. The molecule has 2 rings (SSSR count). The predicted molar refractivity (Wildman–Crippen MR) is 76.5 cm³/mol. The molecular formula is C15H26N2O3. The van der Waals surface area contributed by atoms with Gasteiger partial charge in [-0.2, -0.15) is 0 Å². The number of carbonyl (C=O) groups is 2. The number of carbonyl (C=O) groups excluding carboxylic acids is 1. The Bertz CT molecular complexity index is 345. The van der Waals surface area contributed by atoms with E-state index in [0.29, 0.717) is 18.5 Å². The quantitative estimate of drug-likeness (QED) is 0.832. The van der Waals surface area contributed by atoms with Crippen molar-refractivity contribution in [1.82, 2.24) is 10.2 Å². The van der Waals surface area contributed by atoms with E-state index in [-0.39, 0.29) is 11.9 Å². The normalized spacial score (nSPS) is 27.2. The third-order valence-corrected chi connectivity index (χ3v) is 4.93. The monoisotopic (exact) mass is 282 g/mol. The molecule has 2 amide bonds. The van der Waals surface area contributed by atoms with Crippen molar-refractivity contribution < 1.29 is 14.7 Å². The van der Waals surface area contributed by atoms with Crippen LogP contribution in [0.3, 0.4) is 0 Å². The minimum absolute atomic E-state index is 0.0252. The first kappa shape index (κ1) is 15.1. The lowest BCUT2D eigenvalue weighted by Crippen LogP contribution is -2.44. The number of nitrogens with zero attached hydrogens (tertiary/aromatic N) is 1. The van der Waals surface area contributed by atoms with Crippen LogP contribution in [0.25, 0.3) is 0 Å². The summed E-state index contributed by atoms with van der Waals surface area (Å²) in [5, 5.41) is 12.0. The van der Waals surface area contributed by atoms with E-state index in [1.165, 1.54) is 12.8 Å². The molecule has 0 aromatic heterocycles. The smallest absolute Gasteiger partial charge is 0.317 e. The third-order valence-electron chi connectivity index (χ3n) is 4.93. The Hall–Kier alpha value is -1.26. The van der Waals surface area contributed by atoms with Crippen LogP contribution in [-0.4, -0.2) is 41.6 Å². The van der Waals surface area contributed by atoms with E-state index >= 15 is 0 Å². The average Bonchev–Trinajstić information content (AvgIpc) is 2.98. The van der Waals surface area contributed by atoms with Crippen LogP contribution < -0.4 is 5.32 Å². The minimum Gasteiger partial charge on any atom is -0.481 e. The molecule has 0 atom stereocenters. The maximum absolute atomic E-state index is 12.1. The van der Waals surface area contributed by atoms with Crippen molar-refractivity contribution in [2.75, 3.05) is 13.6 Å². The molecule has 2 saturated carbocycles. The van der Waals surface area contributed by atoms with Crippen LogP contribution in [0.5, 0.6) is 0 Å². The number of urea groups is 1. The van der Waals surface area contributed by atoms with Gasteiger partial charge >= 0.3 is 12.0 Å². The number of rotatable bonds is 4. The van der Waals surface area contributed by atoms with Crippen LogP contribution in [-0.2, 0) is 4.79 Å². The number of hydrogen-bond donors (Lipinski definition) is 2. The molecule has 0 saturated heterocycles. The van der Waals surface area contributed by atoms with Crippen LogP contribution >= 0.6 is 0 Å². The van der Waals surface area contributed by atoms with Crippen molar-refractivity contribution in [2.24, 2.45) is 11.8 Å². The highest BCUT2D eigenvalue weighted by Gasteiger charge is 2.27.